The van der Waals surface area contributed by atoms with E-state index in [9.17, 15) is 17.6 Å². The second-order valence-corrected chi connectivity index (χ2v) is 9.23. The molecule has 1 aliphatic heterocycles. The van der Waals surface area contributed by atoms with Crippen LogP contribution in [0.4, 0.5) is 4.39 Å². The SMILES string of the molecule is O=C(C[C@@H]1COCCN1S(=O)(=O)Cc1ccc(Cl)c(F)c1)c1cccs1. The fraction of sp³-hybridized carbons (Fsp3) is 0.353. The number of carbonyl (C=O) groups excluding carboxylic acids is 1. The topological polar surface area (TPSA) is 63.7 Å². The van der Waals surface area contributed by atoms with Gasteiger partial charge in [0, 0.05) is 13.0 Å². The molecule has 1 aromatic carbocycles. The number of sulfonamides is 1. The van der Waals surface area contributed by atoms with Crippen LogP contribution < -0.4 is 0 Å². The van der Waals surface area contributed by atoms with Gasteiger partial charge in [0.2, 0.25) is 10.0 Å². The highest BCUT2D eigenvalue weighted by Crippen LogP contribution is 2.23. The van der Waals surface area contributed by atoms with Crippen molar-refractivity contribution in [3.8, 4) is 0 Å². The number of ether oxygens (including phenoxy) is 1. The van der Waals surface area contributed by atoms with E-state index in [0.29, 0.717) is 10.4 Å². The summed E-state index contributed by atoms with van der Waals surface area (Å²) < 4.78 is 45.9. The van der Waals surface area contributed by atoms with Crippen LogP contribution in [0.3, 0.4) is 0 Å². The number of Topliss-reactive ketones (excluding diaryl/α,β-unsaturated/α-hetero) is 1. The first kappa shape index (κ1) is 19.4. The van der Waals surface area contributed by atoms with Crippen molar-refractivity contribution >= 4 is 38.7 Å². The minimum Gasteiger partial charge on any atom is -0.378 e. The number of carbonyl (C=O) groups is 1. The molecule has 0 spiro atoms. The van der Waals surface area contributed by atoms with E-state index >= 15 is 0 Å². The Morgan fingerprint density at radius 2 is 2.19 bits per heavy atom. The summed E-state index contributed by atoms with van der Waals surface area (Å²) in [6, 6.07) is 6.85. The Bertz CT molecular complexity index is 886. The minimum absolute atomic E-state index is 0.0503. The number of hydrogen-bond acceptors (Lipinski definition) is 5. The van der Waals surface area contributed by atoms with Gasteiger partial charge in [-0.05, 0) is 29.1 Å². The fourth-order valence-corrected chi connectivity index (χ4v) is 5.34. The number of halogens is 2. The number of thiophene rings is 1. The molecule has 2 aromatic rings. The third kappa shape index (κ3) is 4.50. The fourth-order valence-electron chi connectivity index (χ4n) is 2.84. The van der Waals surface area contributed by atoms with E-state index in [2.05, 4.69) is 0 Å². The number of rotatable bonds is 6. The molecule has 0 unspecified atom stereocenters. The maximum atomic E-state index is 13.6. The molecule has 1 atom stereocenters. The van der Waals surface area contributed by atoms with Crippen LogP contribution >= 0.6 is 22.9 Å². The first-order valence-electron chi connectivity index (χ1n) is 7.95. The Kier molecular flexibility index (Phi) is 6.09. The van der Waals surface area contributed by atoms with Crippen LogP contribution in [0.1, 0.15) is 21.7 Å². The number of ketones is 1. The zero-order valence-corrected chi connectivity index (χ0v) is 16.1. The quantitative estimate of drug-likeness (QED) is 0.676. The maximum Gasteiger partial charge on any atom is 0.218 e. The molecule has 1 aromatic heterocycles. The minimum atomic E-state index is -3.73. The van der Waals surface area contributed by atoms with Crippen LogP contribution in [-0.4, -0.2) is 44.3 Å². The lowest BCUT2D eigenvalue weighted by atomic mass is 10.1. The normalized spacial score (nSPS) is 18.8. The molecule has 2 heterocycles. The van der Waals surface area contributed by atoms with Gasteiger partial charge in [0.05, 0.1) is 34.9 Å². The highest BCUT2D eigenvalue weighted by Gasteiger charge is 2.34. The van der Waals surface area contributed by atoms with Gasteiger partial charge in [0.1, 0.15) is 5.82 Å². The molecular weight excluding hydrogens is 401 g/mol. The number of nitrogens with zero attached hydrogens (tertiary/aromatic N) is 1. The smallest absolute Gasteiger partial charge is 0.218 e. The lowest BCUT2D eigenvalue weighted by Crippen LogP contribution is -2.49. The largest absolute Gasteiger partial charge is 0.378 e. The lowest BCUT2D eigenvalue weighted by Gasteiger charge is -2.34. The molecule has 5 nitrogen and oxygen atoms in total. The van der Waals surface area contributed by atoms with Crippen molar-refractivity contribution in [2.24, 2.45) is 0 Å². The molecule has 0 aliphatic carbocycles. The Morgan fingerprint density at radius 1 is 1.38 bits per heavy atom. The second kappa shape index (κ2) is 8.14. The van der Waals surface area contributed by atoms with E-state index in [4.69, 9.17) is 16.3 Å². The summed E-state index contributed by atoms with van der Waals surface area (Å²) in [6.45, 7) is 0.587. The Hall–Kier alpha value is -1.32. The molecule has 3 rings (SSSR count). The van der Waals surface area contributed by atoms with Crippen molar-refractivity contribution in [1.82, 2.24) is 4.31 Å². The predicted octanol–water partition coefficient (Wildman–Crippen LogP) is 3.34. The van der Waals surface area contributed by atoms with E-state index in [1.165, 1.54) is 27.8 Å². The molecule has 1 saturated heterocycles. The average molecular weight is 418 g/mol. The molecule has 140 valence electrons. The van der Waals surface area contributed by atoms with E-state index in [0.717, 1.165) is 6.07 Å². The summed E-state index contributed by atoms with van der Waals surface area (Å²) in [4.78, 5) is 12.9. The van der Waals surface area contributed by atoms with Crippen LogP contribution in [-0.2, 0) is 20.5 Å². The molecular formula is C17H17ClFNO4S2. The highest BCUT2D eigenvalue weighted by atomic mass is 35.5. The standard InChI is InChI=1S/C17H17ClFNO4S2/c18-14-4-3-12(8-15(14)19)11-26(22,23)20-5-6-24-10-13(20)9-16(21)17-2-1-7-25-17/h1-4,7-8,13H,5-6,9-11H2/t13-/m1/s1. The summed E-state index contributed by atoms with van der Waals surface area (Å²) in [6.07, 6.45) is 0.0503. The Morgan fingerprint density at radius 3 is 2.88 bits per heavy atom. The summed E-state index contributed by atoms with van der Waals surface area (Å²) in [5, 5.41) is 1.74. The number of benzene rings is 1. The van der Waals surface area contributed by atoms with Gasteiger partial charge < -0.3 is 4.74 Å². The third-order valence-electron chi connectivity index (χ3n) is 4.08. The molecule has 1 aliphatic rings. The van der Waals surface area contributed by atoms with Crippen LogP contribution in [0.25, 0.3) is 0 Å². The van der Waals surface area contributed by atoms with Crippen molar-refractivity contribution in [2.45, 2.75) is 18.2 Å². The van der Waals surface area contributed by atoms with E-state index in [1.807, 2.05) is 0 Å². The van der Waals surface area contributed by atoms with Gasteiger partial charge in [0.25, 0.3) is 0 Å². The van der Waals surface area contributed by atoms with Gasteiger partial charge >= 0.3 is 0 Å². The monoisotopic (exact) mass is 417 g/mol. The molecule has 26 heavy (non-hydrogen) atoms. The van der Waals surface area contributed by atoms with E-state index in [1.54, 1.807) is 17.5 Å². The average Bonchev–Trinajstić information content (AvgIpc) is 3.13. The van der Waals surface area contributed by atoms with Crippen molar-refractivity contribution in [3.63, 3.8) is 0 Å². The first-order valence-corrected chi connectivity index (χ1v) is 10.8. The Balaban J connectivity index is 1.76. The number of morpholine rings is 1. The van der Waals surface area contributed by atoms with Crippen LogP contribution in [0.2, 0.25) is 5.02 Å². The molecule has 1 fully saturated rings. The summed E-state index contributed by atoms with van der Waals surface area (Å²) >= 11 is 6.96. The summed E-state index contributed by atoms with van der Waals surface area (Å²) in [5.74, 6) is -1.14. The van der Waals surface area contributed by atoms with Gasteiger partial charge in [0.15, 0.2) is 5.78 Å². The van der Waals surface area contributed by atoms with Gasteiger partial charge in [-0.1, -0.05) is 23.7 Å². The van der Waals surface area contributed by atoms with Crippen molar-refractivity contribution < 1.29 is 22.3 Å². The van der Waals surface area contributed by atoms with E-state index < -0.39 is 21.9 Å². The Labute approximate surface area is 160 Å². The van der Waals surface area contributed by atoms with Gasteiger partial charge in [-0.2, -0.15) is 4.31 Å². The zero-order chi connectivity index (χ0) is 18.7. The molecule has 0 radical (unpaired) electrons. The van der Waals surface area contributed by atoms with Crippen molar-refractivity contribution in [3.05, 3.63) is 57.0 Å². The van der Waals surface area contributed by atoms with Gasteiger partial charge in [-0.25, -0.2) is 12.8 Å². The van der Waals surface area contributed by atoms with Gasteiger partial charge in [-0.3, -0.25) is 4.79 Å². The molecule has 0 bridgehead atoms. The van der Waals surface area contributed by atoms with Crippen molar-refractivity contribution in [1.29, 1.82) is 0 Å². The lowest BCUT2D eigenvalue weighted by molar-refractivity contribution is 0.0293. The number of hydrogen-bond donors (Lipinski definition) is 0. The van der Waals surface area contributed by atoms with Crippen LogP contribution in [0, 0.1) is 5.82 Å². The molecule has 0 N–H and O–H groups in total. The third-order valence-corrected chi connectivity index (χ3v) is 7.19. The van der Waals surface area contributed by atoms with E-state index in [-0.39, 0.29) is 42.7 Å². The molecule has 0 amide bonds. The molecule has 0 saturated carbocycles. The zero-order valence-electron chi connectivity index (χ0n) is 13.7. The first-order chi connectivity index (χ1) is 12.4. The van der Waals surface area contributed by atoms with Crippen molar-refractivity contribution in [2.75, 3.05) is 19.8 Å². The molecule has 9 heteroatoms. The summed E-state index contributed by atoms with van der Waals surface area (Å²) in [5.41, 5.74) is 0.307. The second-order valence-electron chi connectivity index (χ2n) is 5.95. The van der Waals surface area contributed by atoms with Gasteiger partial charge in [-0.15, -0.1) is 11.3 Å². The maximum absolute atomic E-state index is 13.6. The highest BCUT2D eigenvalue weighted by molar-refractivity contribution is 7.88. The van der Waals surface area contributed by atoms with Crippen LogP contribution in [0.5, 0.6) is 0 Å². The summed E-state index contributed by atoms with van der Waals surface area (Å²) in [7, 11) is -3.73. The van der Waals surface area contributed by atoms with Crippen LogP contribution in [0.15, 0.2) is 35.7 Å². The predicted molar refractivity (Wildman–Crippen MR) is 98.6 cm³/mol.